The Morgan fingerprint density at radius 2 is 1.85 bits per heavy atom. The van der Waals surface area contributed by atoms with E-state index in [4.69, 9.17) is 10.3 Å². The zero-order valence-electron chi connectivity index (χ0n) is 19.7. The first-order chi connectivity index (χ1) is 18.5. The molecular formula is C25H17F3N6O4S. The van der Waals surface area contributed by atoms with Gasteiger partial charge in [0.1, 0.15) is 5.69 Å². The van der Waals surface area contributed by atoms with Gasteiger partial charge < -0.3 is 15.6 Å². The molecule has 0 atom stereocenters. The van der Waals surface area contributed by atoms with Gasteiger partial charge in [-0.2, -0.15) is 18.3 Å². The van der Waals surface area contributed by atoms with E-state index in [9.17, 15) is 26.4 Å². The number of rotatable bonds is 4. The van der Waals surface area contributed by atoms with Crippen LogP contribution in [0.5, 0.6) is 0 Å². The highest BCUT2D eigenvalue weighted by Crippen LogP contribution is 2.34. The molecule has 2 aromatic heterocycles. The summed E-state index contributed by atoms with van der Waals surface area (Å²) in [5, 5.41) is 10.2. The molecule has 3 heterocycles. The predicted molar refractivity (Wildman–Crippen MR) is 134 cm³/mol. The fraction of sp³-hybridized carbons (Fsp3) is 0.0800. The Balaban J connectivity index is 1.33. The van der Waals surface area contributed by atoms with Crippen LogP contribution in [0.25, 0.3) is 27.8 Å². The largest absolute Gasteiger partial charge is 0.435 e. The number of carbonyl (C=O) groups excluding carboxylic acids is 1. The minimum Gasteiger partial charge on any atom is -0.380 e. The fourth-order valence-corrected chi connectivity index (χ4v) is 5.85. The van der Waals surface area contributed by atoms with Crippen molar-refractivity contribution < 1.29 is 30.9 Å². The molecule has 1 aliphatic rings. The molecule has 6 rings (SSSR count). The van der Waals surface area contributed by atoms with Crippen molar-refractivity contribution in [3.05, 3.63) is 83.7 Å². The lowest BCUT2D eigenvalue weighted by Gasteiger charge is -2.11. The van der Waals surface area contributed by atoms with Crippen molar-refractivity contribution in [3.8, 4) is 16.8 Å². The lowest BCUT2D eigenvalue weighted by Crippen LogP contribution is -2.17. The number of halogens is 3. The number of fused-ring (bicyclic) bond motifs is 2. The van der Waals surface area contributed by atoms with Crippen LogP contribution in [-0.4, -0.2) is 29.3 Å². The van der Waals surface area contributed by atoms with Crippen LogP contribution in [0.15, 0.2) is 76.1 Å². The van der Waals surface area contributed by atoms with Gasteiger partial charge in [0.15, 0.2) is 17.1 Å². The number of nitrogens with two attached hydrogens (primary N) is 1. The van der Waals surface area contributed by atoms with Crippen molar-refractivity contribution in [3.63, 3.8) is 0 Å². The van der Waals surface area contributed by atoms with Gasteiger partial charge in [0, 0.05) is 23.9 Å². The van der Waals surface area contributed by atoms with Crippen LogP contribution in [0.4, 0.5) is 24.7 Å². The summed E-state index contributed by atoms with van der Waals surface area (Å²) in [6.45, 7) is 0.198. The number of aromatic nitrogens is 3. The average molecular weight is 555 g/mol. The first kappa shape index (κ1) is 24.6. The van der Waals surface area contributed by atoms with E-state index in [-0.39, 0.29) is 34.3 Å². The highest BCUT2D eigenvalue weighted by Gasteiger charge is 2.36. The van der Waals surface area contributed by atoms with Gasteiger partial charge in [-0.15, -0.1) is 0 Å². The normalized spacial score (nSPS) is 14.4. The van der Waals surface area contributed by atoms with Crippen molar-refractivity contribution in [1.29, 1.82) is 0 Å². The fourth-order valence-electron chi connectivity index (χ4n) is 4.40. The molecule has 3 aromatic carbocycles. The van der Waals surface area contributed by atoms with Crippen molar-refractivity contribution >= 4 is 38.4 Å². The molecule has 39 heavy (non-hydrogen) atoms. The molecule has 4 N–H and O–H groups in total. The van der Waals surface area contributed by atoms with E-state index >= 15 is 0 Å². The number of anilines is 2. The van der Waals surface area contributed by atoms with Crippen LogP contribution < -0.4 is 15.8 Å². The first-order valence-electron chi connectivity index (χ1n) is 11.4. The summed E-state index contributed by atoms with van der Waals surface area (Å²) in [5.41, 5.74) is 6.59. The Hall–Kier alpha value is -4.69. The number of hydrogen-bond donors (Lipinski definition) is 3. The molecule has 0 radical (unpaired) electrons. The van der Waals surface area contributed by atoms with Crippen LogP contribution in [0, 0.1) is 0 Å². The summed E-state index contributed by atoms with van der Waals surface area (Å²) < 4.78 is 73.8. The summed E-state index contributed by atoms with van der Waals surface area (Å²) in [4.78, 5) is 13.3. The zero-order valence-corrected chi connectivity index (χ0v) is 20.5. The molecule has 0 saturated carbocycles. The molecule has 0 bridgehead atoms. The Bertz CT molecular complexity index is 1880. The SMILES string of the molecule is Nc1noc2ccc(-n3nc(C(F)(F)F)cc3C(=O)Nc3ccc(-c4cccc5c4S(=O)(=O)NC5)cc3)cc12. The maximum Gasteiger partial charge on any atom is 0.435 e. The number of alkyl halides is 3. The van der Waals surface area contributed by atoms with Crippen LogP contribution >= 0.6 is 0 Å². The molecule has 0 saturated heterocycles. The van der Waals surface area contributed by atoms with Crippen LogP contribution in [0.3, 0.4) is 0 Å². The lowest BCUT2D eigenvalue weighted by atomic mass is 10.0. The van der Waals surface area contributed by atoms with E-state index in [1.807, 2.05) is 0 Å². The molecule has 0 spiro atoms. The second-order valence-electron chi connectivity index (χ2n) is 8.72. The number of hydrogen-bond acceptors (Lipinski definition) is 7. The number of amides is 1. The first-order valence-corrected chi connectivity index (χ1v) is 12.9. The Kier molecular flexibility index (Phi) is 5.48. The Labute approximate surface area is 218 Å². The number of nitrogen functional groups attached to an aromatic ring is 1. The van der Waals surface area contributed by atoms with E-state index in [2.05, 4.69) is 20.3 Å². The van der Waals surface area contributed by atoms with E-state index < -0.39 is 27.8 Å². The third-order valence-corrected chi connectivity index (χ3v) is 7.77. The van der Waals surface area contributed by atoms with Crippen molar-refractivity contribution in [2.45, 2.75) is 17.6 Å². The second-order valence-corrected chi connectivity index (χ2v) is 10.4. The topological polar surface area (TPSA) is 145 Å². The van der Waals surface area contributed by atoms with Crippen molar-refractivity contribution in [1.82, 2.24) is 19.7 Å². The van der Waals surface area contributed by atoms with Gasteiger partial charge in [0.25, 0.3) is 5.91 Å². The minimum absolute atomic E-state index is 0.0359. The maximum absolute atomic E-state index is 13.5. The van der Waals surface area contributed by atoms with Crippen molar-refractivity contribution in [2.75, 3.05) is 11.1 Å². The highest BCUT2D eigenvalue weighted by atomic mass is 32.2. The van der Waals surface area contributed by atoms with E-state index in [1.165, 1.54) is 30.3 Å². The molecule has 198 valence electrons. The minimum atomic E-state index is -4.80. The van der Waals surface area contributed by atoms with Gasteiger partial charge in [-0.1, -0.05) is 35.5 Å². The third-order valence-electron chi connectivity index (χ3n) is 6.23. The summed E-state index contributed by atoms with van der Waals surface area (Å²) in [6.07, 6.45) is -4.80. The van der Waals surface area contributed by atoms with E-state index in [0.29, 0.717) is 33.7 Å². The second kappa shape index (κ2) is 8.68. The quantitative estimate of drug-likeness (QED) is 0.300. The lowest BCUT2D eigenvalue weighted by molar-refractivity contribution is -0.141. The predicted octanol–water partition coefficient (Wildman–Crippen LogP) is 4.33. The molecule has 0 fully saturated rings. The van der Waals surface area contributed by atoms with Crippen molar-refractivity contribution in [2.24, 2.45) is 0 Å². The standard InChI is InChI=1S/C25H17F3N6O4S/c26-25(27,28)21-11-19(34(32-21)16-8-9-20-18(10-16)23(29)33-38-20)24(35)31-15-6-4-13(5-7-15)17-3-1-2-14-12-30-39(36,37)22(14)17/h1-11,30H,12H2,(H2,29,33)(H,31,35). The summed E-state index contributed by atoms with van der Waals surface area (Å²) in [6, 6.07) is 16.4. The number of nitrogens with one attached hydrogen (secondary N) is 2. The van der Waals surface area contributed by atoms with Gasteiger partial charge in [-0.25, -0.2) is 17.8 Å². The Morgan fingerprint density at radius 3 is 2.59 bits per heavy atom. The number of nitrogens with zero attached hydrogens (tertiary/aromatic N) is 3. The molecule has 1 aliphatic heterocycles. The Morgan fingerprint density at radius 1 is 1.08 bits per heavy atom. The number of carbonyl (C=O) groups is 1. The number of sulfonamides is 1. The van der Waals surface area contributed by atoms with Crippen LogP contribution in [0.1, 0.15) is 21.7 Å². The van der Waals surface area contributed by atoms with Crippen LogP contribution in [-0.2, 0) is 22.7 Å². The van der Waals surface area contributed by atoms with Crippen LogP contribution in [0.2, 0.25) is 0 Å². The molecular weight excluding hydrogens is 537 g/mol. The summed E-state index contributed by atoms with van der Waals surface area (Å²) in [7, 11) is -3.64. The molecule has 1 amide bonds. The monoisotopic (exact) mass is 554 g/mol. The molecule has 0 aliphatic carbocycles. The molecule has 5 aromatic rings. The third kappa shape index (κ3) is 4.28. The molecule has 0 unspecified atom stereocenters. The molecule has 10 nitrogen and oxygen atoms in total. The van der Waals surface area contributed by atoms with Gasteiger partial charge in [0.05, 0.1) is 16.0 Å². The summed E-state index contributed by atoms with van der Waals surface area (Å²) >= 11 is 0. The van der Waals surface area contributed by atoms with Gasteiger partial charge in [0.2, 0.25) is 10.0 Å². The highest BCUT2D eigenvalue weighted by molar-refractivity contribution is 7.90. The van der Waals surface area contributed by atoms with E-state index in [0.717, 1.165) is 4.68 Å². The van der Waals surface area contributed by atoms with Gasteiger partial charge >= 0.3 is 6.18 Å². The average Bonchev–Trinajstić information content (AvgIpc) is 3.60. The van der Waals surface area contributed by atoms with Gasteiger partial charge in [-0.3, -0.25) is 4.79 Å². The van der Waals surface area contributed by atoms with Gasteiger partial charge in [-0.05, 0) is 41.5 Å². The smallest absolute Gasteiger partial charge is 0.380 e. The molecule has 14 heteroatoms. The zero-order chi connectivity index (χ0) is 27.5. The van der Waals surface area contributed by atoms with E-state index in [1.54, 1.807) is 30.3 Å². The number of benzene rings is 3. The summed E-state index contributed by atoms with van der Waals surface area (Å²) in [5.74, 6) is -0.815. The maximum atomic E-state index is 13.5.